The van der Waals surface area contributed by atoms with Crippen molar-refractivity contribution in [3.8, 4) is 0 Å². The van der Waals surface area contributed by atoms with E-state index in [2.05, 4.69) is 10.3 Å². The van der Waals surface area contributed by atoms with Gasteiger partial charge in [0.05, 0.1) is 6.20 Å². The van der Waals surface area contributed by atoms with E-state index in [1.165, 1.54) is 4.68 Å². The number of hydrogen-bond donors (Lipinski definition) is 1. The first kappa shape index (κ1) is 12.2. The fourth-order valence-corrected chi connectivity index (χ4v) is 1.83. The Kier molecular flexibility index (Phi) is 2.86. The molecule has 0 saturated heterocycles. The van der Waals surface area contributed by atoms with E-state index in [0.29, 0.717) is 17.0 Å². The fourth-order valence-electron chi connectivity index (χ4n) is 1.83. The molecule has 0 unspecified atom stereocenters. The van der Waals surface area contributed by atoms with Gasteiger partial charge in [0.15, 0.2) is 0 Å². The minimum atomic E-state index is -0.551. The number of aryl methyl sites for hydroxylation is 1. The molecule has 0 spiro atoms. The average Bonchev–Trinajstić information content (AvgIpc) is 3.01. The third kappa shape index (κ3) is 2.33. The van der Waals surface area contributed by atoms with Crippen molar-refractivity contribution in [1.82, 2.24) is 15.0 Å². The van der Waals surface area contributed by atoms with E-state index in [4.69, 9.17) is 14.9 Å². The van der Waals surface area contributed by atoms with Crippen molar-refractivity contribution < 1.29 is 13.9 Å². The lowest BCUT2D eigenvalue weighted by Gasteiger charge is -1.98. The quantitative estimate of drug-likeness (QED) is 0.573. The van der Waals surface area contributed by atoms with Gasteiger partial charge >= 0.3 is 5.97 Å². The Bertz CT molecular complexity index is 775. The number of fused-ring (bicyclic) bond motifs is 1. The van der Waals surface area contributed by atoms with Gasteiger partial charge in [-0.25, -0.2) is 4.79 Å². The van der Waals surface area contributed by atoms with Crippen LogP contribution in [-0.4, -0.2) is 21.0 Å². The number of hydrogen-bond acceptors (Lipinski definition) is 6. The van der Waals surface area contributed by atoms with E-state index in [9.17, 15) is 4.79 Å². The number of nitrogen functional groups attached to an aromatic ring is 1. The number of carbonyl (C=O) groups excluding carboxylic acids is 1. The van der Waals surface area contributed by atoms with Crippen LogP contribution in [0.1, 0.15) is 16.2 Å². The van der Waals surface area contributed by atoms with Gasteiger partial charge in [-0.05, 0) is 24.3 Å². The summed E-state index contributed by atoms with van der Waals surface area (Å²) in [5.41, 5.74) is 7.44. The molecule has 0 aliphatic heterocycles. The van der Waals surface area contributed by atoms with Gasteiger partial charge < -0.3 is 14.9 Å². The highest BCUT2D eigenvalue weighted by Crippen LogP contribution is 2.22. The summed E-state index contributed by atoms with van der Waals surface area (Å²) in [6, 6.07) is 6.76. The average molecular weight is 272 g/mol. The third-order valence-electron chi connectivity index (χ3n) is 2.74. The molecule has 0 atom stereocenters. The SMILES string of the molecule is Cn1cc(COC(=O)c2cc3cc(N)ccc3o2)nn1. The lowest BCUT2D eigenvalue weighted by Crippen LogP contribution is -2.04. The molecular formula is C13H12N4O3. The van der Waals surface area contributed by atoms with Crippen LogP contribution in [0.4, 0.5) is 5.69 Å². The zero-order chi connectivity index (χ0) is 14.1. The number of esters is 1. The number of furan rings is 1. The van der Waals surface area contributed by atoms with E-state index in [1.807, 2.05) is 0 Å². The number of anilines is 1. The normalized spacial score (nSPS) is 10.8. The van der Waals surface area contributed by atoms with E-state index in [1.54, 1.807) is 37.5 Å². The van der Waals surface area contributed by atoms with Crippen LogP contribution in [0, 0.1) is 0 Å². The maximum Gasteiger partial charge on any atom is 0.374 e. The maximum absolute atomic E-state index is 11.9. The van der Waals surface area contributed by atoms with Crippen LogP contribution in [0.3, 0.4) is 0 Å². The Morgan fingerprint density at radius 2 is 2.30 bits per heavy atom. The summed E-state index contributed by atoms with van der Waals surface area (Å²) in [6.07, 6.45) is 1.67. The van der Waals surface area contributed by atoms with Gasteiger partial charge in [-0.2, -0.15) is 0 Å². The largest absolute Gasteiger partial charge is 0.453 e. The van der Waals surface area contributed by atoms with Gasteiger partial charge in [0, 0.05) is 18.1 Å². The Hall–Kier alpha value is -2.83. The number of nitrogens with two attached hydrogens (primary N) is 1. The predicted molar refractivity (Wildman–Crippen MR) is 70.7 cm³/mol. The Labute approximate surface area is 113 Å². The Morgan fingerprint density at radius 3 is 3.05 bits per heavy atom. The molecule has 7 heteroatoms. The van der Waals surface area contributed by atoms with Crippen LogP contribution < -0.4 is 5.73 Å². The summed E-state index contributed by atoms with van der Waals surface area (Å²) in [7, 11) is 1.74. The minimum Gasteiger partial charge on any atom is -0.453 e. The molecule has 102 valence electrons. The molecule has 7 nitrogen and oxygen atoms in total. The van der Waals surface area contributed by atoms with Crippen molar-refractivity contribution in [3.05, 3.63) is 41.9 Å². The van der Waals surface area contributed by atoms with Gasteiger partial charge in [0.2, 0.25) is 5.76 Å². The zero-order valence-corrected chi connectivity index (χ0v) is 10.7. The van der Waals surface area contributed by atoms with Crippen LogP contribution in [0.2, 0.25) is 0 Å². The van der Waals surface area contributed by atoms with Crippen LogP contribution >= 0.6 is 0 Å². The molecule has 2 N–H and O–H groups in total. The first-order valence-electron chi connectivity index (χ1n) is 5.93. The van der Waals surface area contributed by atoms with Crippen LogP contribution in [0.15, 0.2) is 34.9 Å². The number of carbonyl (C=O) groups is 1. The standard InChI is InChI=1S/C13H12N4O3/c1-17-6-10(15-16-17)7-19-13(18)12-5-8-4-9(14)2-3-11(8)20-12/h2-6H,7,14H2,1H3. The highest BCUT2D eigenvalue weighted by Gasteiger charge is 2.14. The molecule has 0 amide bonds. The smallest absolute Gasteiger partial charge is 0.374 e. The van der Waals surface area contributed by atoms with Gasteiger partial charge in [0.1, 0.15) is 17.9 Å². The van der Waals surface area contributed by atoms with Gasteiger partial charge in [-0.3, -0.25) is 4.68 Å². The van der Waals surface area contributed by atoms with Crippen LogP contribution in [0.25, 0.3) is 11.0 Å². The van der Waals surface area contributed by atoms with E-state index < -0.39 is 5.97 Å². The fraction of sp³-hybridized carbons (Fsp3) is 0.154. The second-order valence-electron chi connectivity index (χ2n) is 4.37. The molecule has 0 aliphatic rings. The number of aromatic nitrogens is 3. The highest BCUT2D eigenvalue weighted by molar-refractivity contribution is 5.93. The van der Waals surface area contributed by atoms with E-state index in [0.717, 1.165) is 5.39 Å². The lowest BCUT2D eigenvalue weighted by atomic mass is 10.2. The van der Waals surface area contributed by atoms with Gasteiger partial charge in [-0.15, -0.1) is 5.10 Å². The van der Waals surface area contributed by atoms with E-state index in [-0.39, 0.29) is 12.4 Å². The van der Waals surface area contributed by atoms with Crippen molar-refractivity contribution in [2.24, 2.45) is 7.05 Å². The second-order valence-corrected chi connectivity index (χ2v) is 4.37. The predicted octanol–water partition coefficient (Wildman–Crippen LogP) is 1.50. The number of benzene rings is 1. The summed E-state index contributed by atoms with van der Waals surface area (Å²) in [5, 5.41) is 8.33. The first-order chi connectivity index (χ1) is 9.61. The van der Waals surface area contributed by atoms with Crippen molar-refractivity contribution in [2.75, 3.05) is 5.73 Å². The van der Waals surface area contributed by atoms with Crippen molar-refractivity contribution in [1.29, 1.82) is 0 Å². The Balaban J connectivity index is 1.75. The van der Waals surface area contributed by atoms with Crippen molar-refractivity contribution in [2.45, 2.75) is 6.61 Å². The molecule has 3 aromatic rings. The minimum absolute atomic E-state index is 0.0475. The molecule has 3 rings (SSSR count). The van der Waals surface area contributed by atoms with E-state index >= 15 is 0 Å². The highest BCUT2D eigenvalue weighted by atomic mass is 16.5. The molecule has 0 saturated carbocycles. The molecule has 2 heterocycles. The molecule has 1 aromatic carbocycles. The summed E-state index contributed by atoms with van der Waals surface area (Å²) in [5.74, 6) is -0.417. The van der Waals surface area contributed by atoms with Crippen LogP contribution in [-0.2, 0) is 18.4 Å². The Morgan fingerprint density at radius 1 is 1.45 bits per heavy atom. The molecule has 0 aliphatic carbocycles. The number of ether oxygens (including phenoxy) is 1. The maximum atomic E-state index is 11.9. The number of nitrogens with zero attached hydrogens (tertiary/aromatic N) is 3. The second kappa shape index (κ2) is 4.69. The first-order valence-corrected chi connectivity index (χ1v) is 5.93. The monoisotopic (exact) mass is 272 g/mol. The summed E-state index contributed by atoms with van der Waals surface area (Å²) < 4.78 is 12.0. The topological polar surface area (TPSA) is 96.2 Å². The summed E-state index contributed by atoms with van der Waals surface area (Å²) in [4.78, 5) is 11.9. The summed E-state index contributed by atoms with van der Waals surface area (Å²) >= 11 is 0. The molecule has 20 heavy (non-hydrogen) atoms. The summed E-state index contributed by atoms with van der Waals surface area (Å²) in [6.45, 7) is 0.0475. The number of rotatable bonds is 3. The zero-order valence-electron chi connectivity index (χ0n) is 10.7. The molecule has 0 bridgehead atoms. The molecule has 0 fully saturated rings. The van der Waals surface area contributed by atoms with Gasteiger partial charge in [-0.1, -0.05) is 5.21 Å². The molecule has 2 aromatic heterocycles. The third-order valence-corrected chi connectivity index (χ3v) is 2.74. The molecular weight excluding hydrogens is 260 g/mol. The van der Waals surface area contributed by atoms with Crippen molar-refractivity contribution >= 4 is 22.6 Å². The molecule has 0 radical (unpaired) electrons. The van der Waals surface area contributed by atoms with Crippen LogP contribution in [0.5, 0.6) is 0 Å². The van der Waals surface area contributed by atoms with Crippen molar-refractivity contribution in [3.63, 3.8) is 0 Å². The van der Waals surface area contributed by atoms with Gasteiger partial charge in [0.25, 0.3) is 0 Å². The lowest BCUT2D eigenvalue weighted by molar-refractivity contribution is 0.0433.